The van der Waals surface area contributed by atoms with Crippen LogP contribution in [0.3, 0.4) is 0 Å². The van der Waals surface area contributed by atoms with Crippen molar-refractivity contribution in [2.75, 3.05) is 34.4 Å². The third-order valence-electron chi connectivity index (χ3n) is 5.12. The van der Waals surface area contributed by atoms with Crippen LogP contribution in [0.25, 0.3) is 0 Å². The Balaban J connectivity index is 1.65. The van der Waals surface area contributed by atoms with E-state index < -0.39 is 0 Å². The highest BCUT2D eigenvalue weighted by Crippen LogP contribution is 2.32. The fourth-order valence-electron chi connectivity index (χ4n) is 3.58. The van der Waals surface area contributed by atoms with Crippen molar-refractivity contribution < 1.29 is 14.4 Å². The second-order valence-electron chi connectivity index (χ2n) is 6.91. The molecule has 0 aliphatic carbocycles. The minimum atomic E-state index is -0.383. The molecule has 1 atom stereocenters. The maximum atomic E-state index is 11.0. The van der Waals surface area contributed by atoms with E-state index in [9.17, 15) is 10.1 Å². The zero-order valence-corrected chi connectivity index (χ0v) is 16.9. The Kier molecular flexibility index (Phi) is 6.54. The van der Waals surface area contributed by atoms with E-state index in [0.717, 1.165) is 42.5 Å². The van der Waals surface area contributed by atoms with E-state index in [1.165, 1.54) is 11.6 Å². The average molecular weight is 398 g/mol. The highest BCUT2D eigenvalue weighted by Gasteiger charge is 2.27. The van der Waals surface area contributed by atoms with E-state index >= 15 is 0 Å². The lowest BCUT2D eigenvalue weighted by molar-refractivity contribution is -0.384. The quantitative estimate of drug-likeness (QED) is 0.348. The van der Waals surface area contributed by atoms with Gasteiger partial charge in [0.2, 0.25) is 0 Å². The smallest absolute Gasteiger partial charge is 0.269 e. The molecule has 2 aromatic carbocycles. The van der Waals surface area contributed by atoms with Crippen molar-refractivity contribution >= 4 is 11.6 Å². The zero-order valence-electron chi connectivity index (χ0n) is 16.9. The van der Waals surface area contributed by atoms with E-state index in [0.29, 0.717) is 12.5 Å². The van der Waals surface area contributed by atoms with Crippen molar-refractivity contribution in [3.05, 3.63) is 63.7 Å². The first-order valence-electron chi connectivity index (χ1n) is 9.46. The summed E-state index contributed by atoms with van der Waals surface area (Å²) in [5, 5.41) is 14.3. The summed E-state index contributed by atoms with van der Waals surface area (Å²) in [6, 6.07) is 12.6. The van der Waals surface area contributed by atoms with Crippen LogP contribution < -0.4 is 14.8 Å². The molecule has 3 rings (SSSR count). The van der Waals surface area contributed by atoms with Gasteiger partial charge < -0.3 is 19.7 Å². The van der Waals surface area contributed by atoms with Gasteiger partial charge in [-0.15, -0.1) is 0 Å². The summed E-state index contributed by atoms with van der Waals surface area (Å²) in [6.45, 7) is 2.17. The van der Waals surface area contributed by atoms with Crippen molar-refractivity contribution in [1.29, 1.82) is 0 Å². The van der Waals surface area contributed by atoms with Gasteiger partial charge in [-0.05, 0) is 29.7 Å². The molecule has 1 aliphatic rings. The molecular weight excluding hydrogens is 372 g/mol. The van der Waals surface area contributed by atoms with Crippen LogP contribution in [0.1, 0.15) is 23.5 Å². The monoisotopic (exact) mass is 398 g/mol. The van der Waals surface area contributed by atoms with Gasteiger partial charge in [0, 0.05) is 50.8 Å². The number of likely N-dealkylation sites (tertiary alicyclic amines) is 1. The number of hydrogen-bond donors (Lipinski definition) is 1. The number of benzene rings is 2. The number of guanidine groups is 1. The number of nitrogens with zero attached hydrogens (tertiary/aromatic N) is 3. The maximum absolute atomic E-state index is 11.0. The van der Waals surface area contributed by atoms with Crippen LogP contribution in [0.15, 0.2) is 47.5 Å². The number of methoxy groups -OCH3 is 2. The third kappa shape index (κ3) is 4.96. The molecule has 0 amide bonds. The Morgan fingerprint density at radius 2 is 1.97 bits per heavy atom. The molecule has 1 N–H and O–H groups in total. The molecule has 2 aromatic rings. The molecular formula is C21H26N4O4. The van der Waals surface area contributed by atoms with E-state index in [4.69, 9.17) is 9.47 Å². The highest BCUT2D eigenvalue weighted by atomic mass is 16.6. The first-order valence-corrected chi connectivity index (χ1v) is 9.46. The number of hydrogen-bond acceptors (Lipinski definition) is 5. The van der Waals surface area contributed by atoms with Gasteiger partial charge in [0.1, 0.15) is 11.5 Å². The number of nitro benzene ring substituents is 1. The Labute approximate surface area is 170 Å². The molecule has 1 heterocycles. The summed E-state index contributed by atoms with van der Waals surface area (Å²) in [5.41, 5.74) is 2.11. The molecule has 29 heavy (non-hydrogen) atoms. The summed E-state index contributed by atoms with van der Waals surface area (Å²) in [6.07, 6.45) is 0.994. The van der Waals surface area contributed by atoms with Crippen LogP contribution >= 0.6 is 0 Å². The van der Waals surface area contributed by atoms with Gasteiger partial charge in [0.05, 0.1) is 19.1 Å². The summed E-state index contributed by atoms with van der Waals surface area (Å²) in [4.78, 5) is 17.2. The highest BCUT2D eigenvalue weighted by molar-refractivity contribution is 5.80. The first kappa shape index (κ1) is 20.4. The predicted octanol–water partition coefficient (Wildman–Crippen LogP) is 3.18. The molecule has 1 fully saturated rings. The van der Waals surface area contributed by atoms with Gasteiger partial charge in [-0.25, -0.2) is 0 Å². The third-order valence-corrected chi connectivity index (χ3v) is 5.12. The van der Waals surface area contributed by atoms with E-state index in [1.807, 2.05) is 12.1 Å². The number of nitro groups is 1. The Bertz CT molecular complexity index is 878. The number of non-ortho nitro benzene ring substituents is 1. The van der Waals surface area contributed by atoms with Crippen LogP contribution in [0.5, 0.6) is 11.5 Å². The minimum Gasteiger partial charge on any atom is -0.497 e. The molecule has 0 saturated carbocycles. The molecule has 154 valence electrons. The topological polar surface area (TPSA) is 89.2 Å². The number of aliphatic imine (C=N–C) groups is 1. The molecule has 8 heteroatoms. The number of rotatable bonds is 6. The predicted molar refractivity (Wildman–Crippen MR) is 112 cm³/mol. The van der Waals surface area contributed by atoms with Crippen LogP contribution in [0, 0.1) is 10.1 Å². The lowest BCUT2D eigenvalue weighted by Crippen LogP contribution is -2.39. The van der Waals surface area contributed by atoms with Crippen LogP contribution in [0.4, 0.5) is 5.69 Å². The van der Waals surface area contributed by atoms with Gasteiger partial charge in [-0.2, -0.15) is 0 Å². The van der Waals surface area contributed by atoms with Crippen molar-refractivity contribution in [3.63, 3.8) is 0 Å². The van der Waals surface area contributed by atoms with E-state index in [-0.39, 0.29) is 10.6 Å². The molecule has 1 unspecified atom stereocenters. The van der Waals surface area contributed by atoms with Gasteiger partial charge >= 0.3 is 0 Å². The maximum Gasteiger partial charge on any atom is 0.269 e. The van der Waals surface area contributed by atoms with E-state index in [2.05, 4.69) is 27.3 Å². The normalized spacial score (nSPS) is 16.6. The molecule has 8 nitrogen and oxygen atoms in total. The van der Waals surface area contributed by atoms with Crippen LogP contribution in [0.2, 0.25) is 0 Å². The van der Waals surface area contributed by atoms with Gasteiger partial charge in [-0.3, -0.25) is 15.1 Å². The lowest BCUT2D eigenvalue weighted by Gasteiger charge is -2.22. The Morgan fingerprint density at radius 1 is 1.24 bits per heavy atom. The number of ether oxygens (including phenoxy) is 2. The second-order valence-corrected chi connectivity index (χ2v) is 6.91. The minimum absolute atomic E-state index is 0.0903. The average Bonchev–Trinajstić information content (AvgIpc) is 3.24. The van der Waals surface area contributed by atoms with Crippen LogP contribution in [-0.2, 0) is 6.54 Å². The standard InChI is InChI=1S/C21H26N4O4/c1-22-21(23-13-15-5-4-6-18(9-15)25(26)27)24-8-7-16(14-24)17-10-19(28-2)12-20(11-17)29-3/h4-6,9-12,16H,7-8,13-14H2,1-3H3,(H,22,23). The van der Waals surface area contributed by atoms with Crippen LogP contribution in [-0.4, -0.2) is 50.1 Å². The summed E-state index contributed by atoms with van der Waals surface area (Å²) in [5.74, 6) is 2.70. The first-order chi connectivity index (χ1) is 14.0. The number of nitrogens with one attached hydrogen (secondary N) is 1. The fraction of sp³-hybridized carbons (Fsp3) is 0.381. The SMILES string of the molecule is CN=C(NCc1cccc([N+](=O)[O-])c1)N1CCC(c2cc(OC)cc(OC)c2)C1. The molecule has 0 spiro atoms. The lowest BCUT2D eigenvalue weighted by atomic mass is 9.98. The van der Waals surface area contributed by atoms with E-state index in [1.54, 1.807) is 33.4 Å². The summed E-state index contributed by atoms with van der Waals surface area (Å²) < 4.78 is 10.8. The second kappa shape index (κ2) is 9.27. The molecule has 0 radical (unpaired) electrons. The largest absolute Gasteiger partial charge is 0.497 e. The fourth-order valence-corrected chi connectivity index (χ4v) is 3.58. The molecule has 0 bridgehead atoms. The molecule has 0 aromatic heterocycles. The Morgan fingerprint density at radius 3 is 2.59 bits per heavy atom. The van der Waals surface area contributed by atoms with Crippen molar-refractivity contribution in [2.24, 2.45) is 4.99 Å². The van der Waals surface area contributed by atoms with Gasteiger partial charge in [0.25, 0.3) is 5.69 Å². The Hall–Kier alpha value is -3.29. The summed E-state index contributed by atoms with van der Waals surface area (Å²) in [7, 11) is 5.05. The van der Waals surface area contributed by atoms with Crippen molar-refractivity contribution in [2.45, 2.75) is 18.9 Å². The van der Waals surface area contributed by atoms with Gasteiger partial charge in [-0.1, -0.05) is 12.1 Å². The zero-order chi connectivity index (χ0) is 20.8. The molecule has 1 saturated heterocycles. The molecule has 1 aliphatic heterocycles. The van der Waals surface area contributed by atoms with Gasteiger partial charge in [0.15, 0.2) is 5.96 Å². The van der Waals surface area contributed by atoms with Crippen molar-refractivity contribution in [1.82, 2.24) is 10.2 Å². The van der Waals surface area contributed by atoms with Crippen molar-refractivity contribution in [3.8, 4) is 11.5 Å². The summed E-state index contributed by atoms with van der Waals surface area (Å²) >= 11 is 0.